The molecule has 118 valence electrons. The highest BCUT2D eigenvalue weighted by Crippen LogP contribution is 2.39. The highest BCUT2D eigenvalue weighted by molar-refractivity contribution is 4.92. The lowest BCUT2D eigenvalue weighted by molar-refractivity contribution is 0.0977. The monoisotopic (exact) mass is 279 g/mol. The average molecular weight is 280 g/mol. The third-order valence-corrected chi connectivity index (χ3v) is 5.98. The second-order valence-electron chi connectivity index (χ2n) is 8.83. The smallest absolute Gasteiger partial charge is 0.0103 e. The van der Waals surface area contributed by atoms with Crippen LogP contribution >= 0.6 is 0 Å². The van der Waals surface area contributed by atoms with Crippen molar-refractivity contribution in [3.05, 3.63) is 0 Å². The summed E-state index contributed by atoms with van der Waals surface area (Å²) in [5.41, 5.74) is 0.458. The van der Waals surface area contributed by atoms with Gasteiger partial charge in [-0.25, -0.2) is 0 Å². The molecule has 0 aliphatic heterocycles. The van der Waals surface area contributed by atoms with E-state index in [0.29, 0.717) is 5.41 Å². The van der Waals surface area contributed by atoms with Gasteiger partial charge >= 0.3 is 0 Å². The summed E-state index contributed by atoms with van der Waals surface area (Å²) in [6, 6.07) is 1.56. The Bertz CT molecular complexity index is 289. The topological polar surface area (TPSA) is 12.0 Å². The van der Waals surface area contributed by atoms with Gasteiger partial charge in [-0.05, 0) is 48.9 Å². The van der Waals surface area contributed by atoms with E-state index in [4.69, 9.17) is 0 Å². The molecule has 1 N–H and O–H groups in total. The van der Waals surface area contributed by atoms with E-state index in [1.807, 2.05) is 0 Å². The van der Waals surface area contributed by atoms with Crippen LogP contribution in [0.1, 0.15) is 86.0 Å². The predicted molar refractivity (Wildman–Crippen MR) is 88.9 cm³/mol. The quantitative estimate of drug-likeness (QED) is 0.729. The number of nitrogens with one attached hydrogen (secondary N) is 1. The van der Waals surface area contributed by atoms with Crippen molar-refractivity contribution < 1.29 is 0 Å². The lowest BCUT2D eigenvalue weighted by Crippen LogP contribution is -2.52. The molecule has 2 fully saturated rings. The molecule has 2 aliphatic rings. The van der Waals surface area contributed by atoms with Gasteiger partial charge < -0.3 is 5.32 Å². The molecule has 20 heavy (non-hydrogen) atoms. The van der Waals surface area contributed by atoms with E-state index in [-0.39, 0.29) is 0 Å². The van der Waals surface area contributed by atoms with Crippen molar-refractivity contribution in [3.8, 4) is 0 Å². The Morgan fingerprint density at radius 1 is 0.800 bits per heavy atom. The molecule has 2 aliphatic carbocycles. The minimum absolute atomic E-state index is 0.458. The summed E-state index contributed by atoms with van der Waals surface area (Å²) in [4.78, 5) is 0. The zero-order chi connectivity index (χ0) is 14.8. The van der Waals surface area contributed by atoms with Crippen LogP contribution in [0.2, 0.25) is 0 Å². The summed E-state index contributed by atoms with van der Waals surface area (Å²) < 4.78 is 0. The van der Waals surface area contributed by atoms with Crippen molar-refractivity contribution in [2.75, 3.05) is 0 Å². The SMILES string of the molecule is CC(C)C1CCCCC1NC1CCCCC1C(C)(C)C. The fraction of sp³-hybridized carbons (Fsp3) is 1.00. The molecular formula is C19H37N. The Labute approximate surface area is 127 Å². The average Bonchev–Trinajstić information content (AvgIpc) is 2.38. The van der Waals surface area contributed by atoms with Gasteiger partial charge in [-0.15, -0.1) is 0 Å². The van der Waals surface area contributed by atoms with Gasteiger partial charge in [0.1, 0.15) is 0 Å². The van der Waals surface area contributed by atoms with E-state index in [1.165, 1.54) is 51.4 Å². The number of hydrogen-bond donors (Lipinski definition) is 1. The molecule has 4 unspecified atom stereocenters. The molecule has 0 spiro atoms. The standard InChI is InChI=1S/C19H37N/c1-14(2)15-10-6-8-12-17(15)20-18-13-9-7-11-16(18)19(3,4)5/h14-18,20H,6-13H2,1-5H3. The van der Waals surface area contributed by atoms with Crippen LogP contribution in [0.4, 0.5) is 0 Å². The van der Waals surface area contributed by atoms with Gasteiger partial charge in [-0.2, -0.15) is 0 Å². The summed E-state index contributed by atoms with van der Waals surface area (Å²) >= 11 is 0. The van der Waals surface area contributed by atoms with Gasteiger partial charge in [0.05, 0.1) is 0 Å². The van der Waals surface area contributed by atoms with Gasteiger partial charge in [-0.1, -0.05) is 60.3 Å². The van der Waals surface area contributed by atoms with Gasteiger partial charge in [0.2, 0.25) is 0 Å². The van der Waals surface area contributed by atoms with Crippen molar-refractivity contribution >= 4 is 0 Å². The summed E-state index contributed by atoms with van der Waals surface area (Å²) in [7, 11) is 0. The van der Waals surface area contributed by atoms with Crippen LogP contribution in [0.15, 0.2) is 0 Å². The van der Waals surface area contributed by atoms with E-state index < -0.39 is 0 Å². The zero-order valence-corrected chi connectivity index (χ0v) is 14.5. The van der Waals surface area contributed by atoms with Crippen molar-refractivity contribution in [2.24, 2.45) is 23.2 Å². The molecule has 0 saturated heterocycles. The van der Waals surface area contributed by atoms with E-state index in [0.717, 1.165) is 29.8 Å². The molecule has 2 rings (SSSR count). The Hall–Kier alpha value is -0.0400. The van der Waals surface area contributed by atoms with E-state index in [9.17, 15) is 0 Å². The molecular weight excluding hydrogens is 242 g/mol. The van der Waals surface area contributed by atoms with Gasteiger partial charge in [0, 0.05) is 12.1 Å². The Kier molecular flexibility index (Phi) is 5.56. The van der Waals surface area contributed by atoms with E-state index in [2.05, 4.69) is 39.9 Å². The lowest BCUT2D eigenvalue weighted by atomic mass is 9.68. The Morgan fingerprint density at radius 3 is 1.95 bits per heavy atom. The Morgan fingerprint density at radius 2 is 1.35 bits per heavy atom. The molecule has 0 amide bonds. The van der Waals surface area contributed by atoms with E-state index >= 15 is 0 Å². The first-order chi connectivity index (χ1) is 9.39. The molecule has 0 aromatic rings. The van der Waals surface area contributed by atoms with Crippen LogP contribution < -0.4 is 5.32 Å². The van der Waals surface area contributed by atoms with Crippen LogP contribution in [0.5, 0.6) is 0 Å². The maximum atomic E-state index is 4.15. The van der Waals surface area contributed by atoms with Crippen molar-refractivity contribution in [1.82, 2.24) is 5.32 Å². The first-order valence-electron chi connectivity index (χ1n) is 9.15. The number of rotatable bonds is 3. The van der Waals surface area contributed by atoms with Crippen LogP contribution in [-0.4, -0.2) is 12.1 Å². The molecule has 0 bridgehead atoms. The molecule has 0 aromatic heterocycles. The van der Waals surface area contributed by atoms with Crippen molar-refractivity contribution in [2.45, 2.75) is 98.1 Å². The molecule has 4 atom stereocenters. The predicted octanol–water partition coefficient (Wildman–Crippen LogP) is 5.40. The van der Waals surface area contributed by atoms with Gasteiger partial charge in [-0.3, -0.25) is 0 Å². The zero-order valence-electron chi connectivity index (χ0n) is 14.5. The lowest BCUT2D eigenvalue weighted by Gasteiger charge is -2.45. The minimum Gasteiger partial charge on any atom is -0.311 e. The summed E-state index contributed by atoms with van der Waals surface area (Å²) in [6.45, 7) is 12.2. The molecule has 1 nitrogen and oxygen atoms in total. The summed E-state index contributed by atoms with van der Waals surface area (Å²) in [5.74, 6) is 2.61. The third kappa shape index (κ3) is 4.00. The first kappa shape index (κ1) is 16.3. The second-order valence-corrected chi connectivity index (χ2v) is 8.83. The van der Waals surface area contributed by atoms with Crippen LogP contribution in [0.3, 0.4) is 0 Å². The fourth-order valence-corrected chi connectivity index (χ4v) is 4.81. The normalized spacial score (nSPS) is 36.3. The fourth-order valence-electron chi connectivity index (χ4n) is 4.81. The molecule has 0 heterocycles. The minimum atomic E-state index is 0.458. The molecule has 2 saturated carbocycles. The van der Waals surface area contributed by atoms with Crippen LogP contribution in [0, 0.1) is 23.2 Å². The highest BCUT2D eigenvalue weighted by Gasteiger charge is 2.37. The van der Waals surface area contributed by atoms with Gasteiger partial charge in [0.15, 0.2) is 0 Å². The molecule has 0 radical (unpaired) electrons. The molecule has 1 heteroatoms. The van der Waals surface area contributed by atoms with Crippen LogP contribution in [0.25, 0.3) is 0 Å². The molecule has 0 aromatic carbocycles. The maximum Gasteiger partial charge on any atom is 0.0103 e. The van der Waals surface area contributed by atoms with E-state index in [1.54, 1.807) is 0 Å². The Balaban J connectivity index is 2.01. The van der Waals surface area contributed by atoms with Gasteiger partial charge in [0.25, 0.3) is 0 Å². The highest BCUT2D eigenvalue weighted by atomic mass is 15.0. The summed E-state index contributed by atoms with van der Waals surface area (Å²) in [6.07, 6.45) is 11.5. The van der Waals surface area contributed by atoms with Crippen LogP contribution in [-0.2, 0) is 0 Å². The first-order valence-corrected chi connectivity index (χ1v) is 9.15. The third-order valence-electron chi connectivity index (χ3n) is 5.98. The van der Waals surface area contributed by atoms with Crippen molar-refractivity contribution in [3.63, 3.8) is 0 Å². The second kappa shape index (κ2) is 6.81. The largest absolute Gasteiger partial charge is 0.311 e. The maximum absolute atomic E-state index is 4.15. The van der Waals surface area contributed by atoms with Crippen molar-refractivity contribution in [1.29, 1.82) is 0 Å². The number of hydrogen-bond acceptors (Lipinski definition) is 1. The summed E-state index contributed by atoms with van der Waals surface area (Å²) in [5, 5.41) is 4.15.